The molecule has 1 heterocycles. The summed E-state index contributed by atoms with van der Waals surface area (Å²) in [7, 11) is 0. The number of rotatable bonds is 0. The van der Waals surface area contributed by atoms with E-state index in [-0.39, 0.29) is 12.3 Å². The SMILES string of the molecule is FC1(F)C[C@H]2CN[C@@H]1C2. The molecule has 52 valence electrons. The van der Waals surface area contributed by atoms with Gasteiger partial charge in [0.1, 0.15) is 0 Å². The lowest BCUT2D eigenvalue weighted by Crippen LogP contribution is -2.41. The molecule has 1 N–H and O–H groups in total. The van der Waals surface area contributed by atoms with Crippen LogP contribution in [0.3, 0.4) is 0 Å². The first-order chi connectivity index (χ1) is 4.18. The van der Waals surface area contributed by atoms with Crippen molar-refractivity contribution in [2.45, 2.75) is 24.8 Å². The highest BCUT2D eigenvalue weighted by molar-refractivity contribution is 5.00. The molecule has 0 aromatic heterocycles. The highest BCUT2D eigenvalue weighted by Gasteiger charge is 2.52. The Balaban J connectivity index is 2.18. The molecule has 2 aliphatic rings. The quantitative estimate of drug-likeness (QED) is 0.520. The molecule has 2 fully saturated rings. The standard InChI is InChI=1S/C6H9F2N/c7-6(8)2-4-1-5(6)9-3-4/h4-5,9H,1-3H2/t4-,5+/m0/s1. The zero-order chi connectivity index (χ0) is 6.48. The summed E-state index contributed by atoms with van der Waals surface area (Å²) in [5.41, 5.74) is 0. The lowest BCUT2D eigenvalue weighted by molar-refractivity contribution is -0.0304. The molecular formula is C6H9F2N. The van der Waals surface area contributed by atoms with Crippen LogP contribution in [0.15, 0.2) is 0 Å². The van der Waals surface area contributed by atoms with Crippen LogP contribution in [-0.4, -0.2) is 18.5 Å². The number of fused-ring (bicyclic) bond motifs is 2. The van der Waals surface area contributed by atoms with E-state index in [1.54, 1.807) is 0 Å². The minimum absolute atomic E-state index is 0.116. The normalized spacial score (nSPS) is 46.0. The predicted octanol–water partition coefficient (Wildman–Crippen LogP) is 1.00. The van der Waals surface area contributed by atoms with Crippen LogP contribution in [0, 0.1) is 5.92 Å². The minimum atomic E-state index is -2.40. The predicted molar refractivity (Wildman–Crippen MR) is 29.5 cm³/mol. The second-order valence-corrected chi connectivity index (χ2v) is 3.03. The maximum absolute atomic E-state index is 12.6. The highest BCUT2D eigenvalue weighted by atomic mass is 19.3. The fourth-order valence-corrected chi connectivity index (χ4v) is 1.81. The molecule has 1 saturated carbocycles. The van der Waals surface area contributed by atoms with Crippen molar-refractivity contribution in [3.8, 4) is 0 Å². The van der Waals surface area contributed by atoms with Gasteiger partial charge in [-0.2, -0.15) is 0 Å². The Morgan fingerprint density at radius 1 is 1.44 bits per heavy atom. The van der Waals surface area contributed by atoms with Crippen molar-refractivity contribution in [1.29, 1.82) is 0 Å². The van der Waals surface area contributed by atoms with Crippen LogP contribution in [0.5, 0.6) is 0 Å². The van der Waals surface area contributed by atoms with Gasteiger partial charge in [-0.05, 0) is 18.9 Å². The molecule has 0 aromatic rings. The summed E-state index contributed by atoms with van der Waals surface area (Å²) in [5, 5.41) is 2.80. The van der Waals surface area contributed by atoms with Gasteiger partial charge in [-0.1, -0.05) is 0 Å². The van der Waals surface area contributed by atoms with E-state index in [2.05, 4.69) is 5.32 Å². The molecule has 1 aliphatic heterocycles. The Morgan fingerprint density at radius 3 is 2.44 bits per heavy atom. The first-order valence-electron chi connectivity index (χ1n) is 3.30. The van der Waals surface area contributed by atoms with Gasteiger partial charge in [-0.3, -0.25) is 0 Å². The number of piperidine rings is 1. The van der Waals surface area contributed by atoms with Crippen LogP contribution in [0.1, 0.15) is 12.8 Å². The van der Waals surface area contributed by atoms with Crippen LogP contribution >= 0.6 is 0 Å². The summed E-state index contributed by atoms with van der Waals surface area (Å²) in [6, 6.07) is -0.498. The van der Waals surface area contributed by atoms with Crippen molar-refractivity contribution in [1.82, 2.24) is 5.32 Å². The summed E-state index contributed by atoms with van der Waals surface area (Å²) in [6.45, 7) is 0.806. The molecule has 2 bridgehead atoms. The van der Waals surface area contributed by atoms with Crippen molar-refractivity contribution < 1.29 is 8.78 Å². The average Bonchev–Trinajstić information content (AvgIpc) is 2.19. The van der Waals surface area contributed by atoms with Crippen molar-refractivity contribution in [3.05, 3.63) is 0 Å². The van der Waals surface area contributed by atoms with Crippen LogP contribution in [0.25, 0.3) is 0 Å². The Hall–Kier alpha value is -0.180. The Morgan fingerprint density at radius 2 is 2.22 bits per heavy atom. The zero-order valence-electron chi connectivity index (χ0n) is 5.03. The molecule has 1 aliphatic carbocycles. The van der Waals surface area contributed by atoms with Gasteiger partial charge in [0, 0.05) is 6.42 Å². The summed E-state index contributed by atoms with van der Waals surface area (Å²) in [5.74, 6) is -2.15. The number of nitrogens with one attached hydrogen (secondary N) is 1. The van der Waals surface area contributed by atoms with Crippen molar-refractivity contribution in [2.75, 3.05) is 6.54 Å². The molecule has 0 spiro atoms. The minimum Gasteiger partial charge on any atom is -0.308 e. The Kier molecular flexibility index (Phi) is 0.903. The third-order valence-corrected chi connectivity index (χ3v) is 2.29. The number of alkyl halides is 2. The van der Waals surface area contributed by atoms with Gasteiger partial charge < -0.3 is 5.32 Å². The van der Waals surface area contributed by atoms with E-state index in [0.717, 1.165) is 6.54 Å². The second kappa shape index (κ2) is 1.45. The van der Waals surface area contributed by atoms with Crippen LogP contribution in [0.4, 0.5) is 8.78 Å². The summed E-state index contributed by atoms with van der Waals surface area (Å²) in [4.78, 5) is 0. The monoisotopic (exact) mass is 133 g/mol. The summed E-state index contributed by atoms with van der Waals surface area (Å²) < 4.78 is 25.2. The van der Waals surface area contributed by atoms with Crippen LogP contribution < -0.4 is 5.32 Å². The number of hydrogen-bond acceptors (Lipinski definition) is 1. The van der Waals surface area contributed by atoms with Crippen molar-refractivity contribution >= 4 is 0 Å². The topological polar surface area (TPSA) is 12.0 Å². The van der Waals surface area contributed by atoms with Gasteiger partial charge in [0.15, 0.2) is 0 Å². The molecule has 9 heavy (non-hydrogen) atoms. The fourth-order valence-electron chi connectivity index (χ4n) is 1.81. The van der Waals surface area contributed by atoms with Crippen molar-refractivity contribution in [3.63, 3.8) is 0 Å². The van der Waals surface area contributed by atoms with Gasteiger partial charge in [-0.15, -0.1) is 0 Å². The van der Waals surface area contributed by atoms with Crippen LogP contribution in [-0.2, 0) is 0 Å². The van der Waals surface area contributed by atoms with Crippen molar-refractivity contribution in [2.24, 2.45) is 5.92 Å². The first-order valence-corrected chi connectivity index (χ1v) is 3.30. The molecule has 0 unspecified atom stereocenters. The molecule has 0 radical (unpaired) electrons. The van der Waals surface area contributed by atoms with Gasteiger partial charge in [0.05, 0.1) is 6.04 Å². The third kappa shape index (κ3) is 0.674. The maximum Gasteiger partial charge on any atom is 0.263 e. The van der Waals surface area contributed by atoms with Crippen LogP contribution in [0.2, 0.25) is 0 Å². The number of halogens is 2. The maximum atomic E-state index is 12.6. The van der Waals surface area contributed by atoms with E-state index in [1.165, 1.54) is 0 Å². The molecule has 1 saturated heterocycles. The molecule has 2 atom stereocenters. The van der Waals surface area contributed by atoms with E-state index in [9.17, 15) is 8.78 Å². The smallest absolute Gasteiger partial charge is 0.263 e. The molecule has 1 nitrogen and oxygen atoms in total. The van der Waals surface area contributed by atoms with E-state index in [1.807, 2.05) is 0 Å². The van der Waals surface area contributed by atoms with Gasteiger partial charge in [-0.25, -0.2) is 8.78 Å². The molecule has 3 heteroatoms. The zero-order valence-corrected chi connectivity index (χ0v) is 5.03. The first kappa shape index (κ1) is 5.59. The van der Waals surface area contributed by atoms with E-state index < -0.39 is 12.0 Å². The Bertz CT molecular complexity index is 135. The molecule has 2 rings (SSSR count). The highest BCUT2D eigenvalue weighted by Crippen LogP contribution is 2.42. The van der Waals surface area contributed by atoms with Gasteiger partial charge in [0.2, 0.25) is 0 Å². The van der Waals surface area contributed by atoms with E-state index in [4.69, 9.17) is 0 Å². The molecule has 0 amide bonds. The largest absolute Gasteiger partial charge is 0.308 e. The molecular weight excluding hydrogens is 124 g/mol. The van der Waals surface area contributed by atoms with E-state index >= 15 is 0 Å². The molecule has 0 aromatic carbocycles. The lowest BCUT2D eigenvalue weighted by Gasteiger charge is -2.21. The second-order valence-electron chi connectivity index (χ2n) is 3.03. The fraction of sp³-hybridized carbons (Fsp3) is 1.00. The third-order valence-electron chi connectivity index (χ3n) is 2.29. The van der Waals surface area contributed by atoms with E-state index in [0.29, 0.717) is 6.42 Å². The Labute approximate surface area is 52.4 Å². The number of hydrogen-bond donors (Lipinski definition) is 1. The lowest BCUT2D eigenvalue weighted by atomic mass is 10.1. The average molecular weight is 133 g/mol. The summed E-state index contributed by atoms with van der Waals surface area (Å²) in [6.07, 6.45) is 0.803. The summed E-state index contributed by atoms with van der Waals surface area (Å²) >= 11 is 0. The van der Waals surface area contributed by atoms with Gasteiger partial charge >= 0.3 is 0 Å². The van der Waals surface area contributed by atoms with Gasteiger partial charge in [0.25, 0.3) is 5.92 Å².